The first-order valence-electron chi connectivity index (χ1n) is 10.2. The molecule has 3 rings (SSSR count). The van der Waals surface area contributed by atoms with Gasteiger partial charge in [-0.15, -0.1) is 0 Å². The number of hydrogen-bond donors (Lipinski definition) is 1. The van der Waals surface area contributed by atoms with Gasteiger partial charge in [-0.3, -0.25) is 4.79 Å². The second-order valence-corrected chi connectivity index (χ2v) is 7.70. The van der Waals surface area contributed by atoms with Crippen LogP contribution in [0.15, 0.2) is 24.3 Å². The van der Waals surface area contributed by atoms with Gasteiger partial charge in [-0.05, 0) is 57.5 Å². The van der Waals surface area contributed by atoms with Crippen molar-refractivity contribution in [2.24, 2.45) is 0 Å². The number of urea groups is 1. The number of amides is 3. The van der Waals surface area contributed by atoms with Crippen LogP contribution in [-0.2, 0) is 0 Å². The number of carbonyl (C=O) groups excluding carboxylic acids is 2. The van der Waals surface area contributed by atoms with Crippen LogP contribution in [-0.4, -0.2) is 79.5 Å². The molecule has 0 saturated carbocycles. The zero-order valence-electron chi connectivity index (χ0n) is 16.6. The van der Waals surface area contributed by atoms with Crippen molar-refractivity contribution in [2.45, 2.75) is 32.1 Å². The van der Waals surface area contributed by atoms with Gasteiger partial charge in [-0.2, -0.15) is 0 Å². The van der Waals surface area contributed by atoms with E-state index in [1.165, 1.54) is 5.56 Å². The lowest BCUT2D eigenvalue weighted by Crippen LogP contribution is -2.44. The summed E-state index contributed by atoms with van der Waals surface area (Å²) < 4.78 is 0. The molecule has 1 aromatic carbocycles. The molecule has 0 spiro atoms. The summed E-state index contributed by atoms with van der Waals surface area (Å²) in [5, 5.41) is 2.89. The predicted molar refractivity (Wildman–Crippen MR) is 107 cm³/mol. The molecule has 0 aliphatic carbocycles. The second-order valence-electron chi connectivity index (χ2n) is 7.70. The number of nitrogens with one attached hydrogen (secondary N) is 1. The molecule has 2 saturated heterocycles. The first kappa shape index (κ1) is 19.7. The largest absolute Gasteiger partial charge is 0.338 e. The quantitative estimate of drug-likeness (QED) is 0.886. The summed E-state index contributed by atoms with van der Waals surface area (Å²) in [4.78, 5) is 31.3. The Morgan fingerprint density at radius 2 is 1.89 bits per heavy atom. The maximum Gasteiger partial charge on any atom is 0.317 e. The van der Waals surface area contributed by atoms with Crippen molar-refractivity contribution in [3.8, 4) is 0 Å². The molecule has 0 bridgehead atoms. The van der Waals surface area contributed by atoms with Crippen LogP contribution >= 0.6 is 0 Å². The SMILES string of the molecule is CCNC(=O)N1CCCC(c2cccc(C(=O)N3CCCN(C)CC3)c2)C1. The van der Waals surface area contributed by atoms with E-state index in [1.54, 1.807) is 0 Å². The number of likely N-dealkylation sites (N-methyl/N-ethyl adjacent to an activating group) is 1. The van der Waals surface area contributed by atoms with Gasteiger partial charge in [0.05, 0.1) is 0 Å². The van der Waals surface area contributed by atoms with Crippen LogP contribution < -0.4 is 5.32 Å². The highest BCUT2D eigenvalue weighted by Crippen LogP contribution is 2.28. The molecular formula is C21H32N4O2. The second kappa shape index (κ2) is 9.22. The highest BCUT2D eigenvalue weighted by atomic mass is 16.2. The van der Waals surface area contributed by atoms with Crippen LogP contribution in [0.25, 0.3) is 0 Å². The number of nitrogens with zero attached hydrogens (tertiary/aromatic N) is 3. The molecule has 3 amide bonds. The number of likely N-dealkylation sites (tertiary alicyclic amines) is 1. The maximum absolute atomic E-state index is 13.0. The first-order chi connectivity index (χ1) is 13.1. The Balaban J connectivity index is 1.69. The summed E-state index contributed by atoms with van der Waals surface area (Å²) in [6, 6.07) is 8.06. The van der Waals surface area contributed by atoms with Gasteiger partial charge in [0.1, 0.15) is 0 Å². The Kier molecular flexibility index (Phi) is 6.72. The van der Waals surface area contributed by atoms with Crippen LogP contribution in [0.3, 0.4) is 0 Å². The van der Waals surface area contributed by atoms with Gasteiger partial charge in [-0.1, -0.05) is 12.1 Å². The van der Waals surface area contributed by atoms with Crippen molar-refractivity contribution in [1.82, 2.24) is 20.0 Å². The highest BCUT2D eigenvalue weighted by molar-refractivity contribution is 5.94. The van der Waals surface area contributed by atoms with Crippen LogP contribution in [0, 0.1) is 0 Å². The Labute approximate surface area is 162 Å². The van der Waals surface area contributed by atoms with Crippen LogP contribution in [0.1, 0.15) is 48.0 Å². The average Bonchev–Trinajstić information content (AvgIpc) is 2.92. The minimum Gasteiger partial charge on any atom is -0.338 e. The van der Waals surface area contributed by atoms with Crippen molar-refractivity contribution in [1.29, 1.82) is 0 Å². The molecule has 148 valence electrons. The van der Waals surface area contributed by atoms with E-state index in [-0.39, 0.29) is 11.9 Å². The van der Waals surface area contributed by atoms with Crippen molar-refractivity contribution >= 4 is 11.9 Å². The molecule has 0 radical (unpaired) electrons. The minimum absolute atomic E-state index is 0.0168. The van der Waals surface area contributed by atoms with Gasteiger partial charge in [-0.25, -0.2) is 4.79 Å². The summed E-state index contributed by atoms with van der Waals surface area (Å²) in [5.74, 6) is 0.424. The monoisotopic (exact) mass is 372 g/mol. The first-order valence-corrected chi connectivity index (χ1v) is 10.2. The van der Waals surface area contributed by atoms with Crippen molar-refractivity contribution in [2.75, 3.05) is 52.9 Å². The van der Waals surface area contributed by atoms with E-state index in [4.69, 9.17) is 0 Å². The molecule has 2 aliphatic rings. The fourth-order valence-electron chi connectivity index (χ4n) is 4.05. The van der Waals surface area contributed by atoms with Crippen molar-refractivity contribution in [3.05, 3.63) is 35.4 Å². The number of carbonyl (C=O) groups is 2. The standard InChI is InChI=1S/C21H32N4O2/c1-3-22-21(27)25-11-5-9-19(16-25)17-7-4-8-18(15-17)20(26)24-12-6-10-23(2)13-14-24/h4,7-8,15,19H,3,5-6,9-14,16H2,1-2H3,(H,22,27). The Morgan fingerprint density at radius 3 is 2.70 bits per heavy atom. The molecule has 0 aromatic heterocycles. The molecule has 2 aliphatic heterocycles. The molecule has 1 aromatic rings. The van der Waals surface area contributed by atoms with Crippen molar-refractivity contribution in [3.63, 3.8) is 0 Å². The minimum atomic E-state index is 0.0168. The Bertz CT molecular complexity index is 663. The summed E-state index contributed by atoms with van der Waals surface area (Å²) in [7, 11) is 2.11. The third kappa shape index (κ3) is 5.01. The number of hydrogen-bond acceptors (Lipinski definition) is 3. The summed E-state index contributed by atoms with van der Waals surface area (Å²) in [5.41, 5.74) is 1.94. The lowest BCUT2D eigenvalue weighted by molar-refractivity contribution is 0.0762. The molecule has 6 nitrogen and oxygen atoms in total. The normalized spacial score (nSPS) is 21.6. The van der Waals surface area contributed by atoms with E-state index in [1.807, 2.05) is 34.9 Å². The van der Waals surface area contributed by atoms with Gasteiger partial charge in [0.2, 0.25) is 0 Å². The Morgan fingerprint density at radius 1 is 1.07 bits per heavy atom. The fourth-order valence-corrected chi connectivity index (χ4v) is 4.05. The summed E-state index contributed by atoms with van der Waals surface area (Å²) >= 11 is 0. The number of benzene rings is 1. The topological polar surface area (TPSA) is 55.9 Å². The zero-order valence-corrected chi connectivity index (χ0v) is 16.6. The number of rotatable bonds is 3. The van der Waals surface area contributed by atoms with Gasteiger partial charge in [0, 0.05) is 50.7 Å². The lowest BCUT2D eigenvalue weighted by Gasteiger charge is -2.33. The lowest BCUT2D eigenvalue weighted by atomic mass is 9.89. The van der Waals surface area contributed by atoms with Gasteiger partial charge in [0.15, 0.2) is 0 Å². The van der Waals surface area contributed by atoms with E-state index >= 15 is 0 Å². The van der Waals surface area contributed by atoms with Crippen LogP contribution in [0.2, 0.25) is 0 Å². The molecular weight excluding hydrogens is 340 g/mol. The third-order valence-electron chi connectivity index (χ3n) is 5.65. The molecule has 27 heavy (non-hydrogen) atoms. The number of piperidine rings is 1. The average molecular weight is 373 g/mol. The fraction of sp³-hybridized carbons (Fsp3) is 0.619. The smallest absolute Gasteiger partial charge is 0.317 e. The Hall–Kier alpha value is -2.08. The summed E-state index contributed by atoms with van der Waals surface area (Å²) in [6.45, 7) is 7.69. The third-order valence-corrected chi connectivity index (χ3v) is 5.65. The van der Waals surface area contributed by atoms with Gasteiger partial charge in [0.25, 0.3) is 5.91 Å². The van der Waals surface area contributed by atoms with E-state index in [2.05, 4.69) is 23.3 Å². The molecule has 2 heterocycles. The molecule has 2 fully saturated rings. The van der Waals surface area contributed by atoms with Crippen LogP contribution in [0.4, 0.5) is 4.79 Å². The van der Waals surface area contributed by atoms with E-state index in [9.17, 15) is 9.59 Å². The summed E-state index contributed by atoms with van der Waals surface area (Å²) in [6.07, 6.45) is 3.08. The van der Waals surface area contributed by atoms with E-state index in [0.717, 1.165) is 64.1 Å². The van der Waals surface area contributed by atoms with Gasteiger partial charge >= 0.3 is 6.03 Å². The molecule has 1 unspecified atom stereocenters. The highest BCUT2D eigenvalue weighted by Gasteiger charge is 2.25. The van der Waals surface area contributed by atoms with E-state index < -0.39 is 0 Å². The molecule has 1 N–H and O–H groups in total. The van der Waals surface area contributed by atoms with Crippen LogP contribution in [0.5, 0.6) is 0 Å². The van der Waals surface area contributed by atoms with Gasteiger partial charge < -0.3 is 20.0 Å². The zero-order chi connectivity index (χ0) is 19.2. The maximum atomic E-state index is 13.0. The van der Waals surface area contributed by atoms with Crippen molar-refractivity contribution < 1.29 is 9.59 Å². The van der Waals surface area contributed by atoms with E-state index in [0.29, 0.717) is 12.5 Å². The molecule has 6 heteroatoms. The molecule has 1 atom stereocenters. The predicted octanol–water partition coefficient (Wildman–Crippen LogP) is 2.37.